The lowest BCUT2D eigenvalue weighted by Gasteiger charge is -2.40. The molecule has 1 atom stereocenters. The molecular formula is C19H25F2N5O5S. The topological polar surface area (TPSA) is 144 Å². The Bertz CT molecular complexity index is 1010. The molecule has 2 amide bonds. The molecule has 2 saturated heterocycles. The Balaban J connectivity index is 1.53. The second kappa shape index (κ2) is 8.10. The number of carbonyl (C=O) groups excluding carboxylic acids is 2. The Kier molecular flexibility index (Phi) is 5.74. The fourth-order valence-electron chi connectivity index (χ4n) is 3.75. The molecule has 4 rings (SSSR count). The van der Waals surface area contributed by atoms with Crippen LogP contribution in [0.3, 0.4) is 0 Å². The number of nitrogens with one attached hydrogen (secondary N) is 2. The molecule has 10 nitrogen and oxygen atoms in total. The summed E-state index contributed by atoms with van der Waals surface area (Å²) in [6, 6.07) is 2.89. The van der Waals surface area contributed by atoms with Crippen LogP contribution in [0.15, 0.2) is 12.1 Å². The number of rotatable bonds is 8. The van der Waals surface area contributed by atoms with Crippen molar-refractivity contribution in [1.29, 1.82) is 0 Å². The van der Waals surface area contributed by atoms with E-state index in [-0.39, 0.29) is 36.7 Å². The highest BCUT2D eigenvalue weighted by atomic mass is 32.2. The molecule has 3 heterocycles. The summed E-state index contributed by atoms with van der Waals surface area (Å²) in [7, 11) is -3.48. The molecule has 1 aromatic rings. The van der Waals surface area contributed by atoms with Crippen molar-refractivity contribution < 1.29 is 31.5 Å². The summed E-state index contributed by atoms with van der Waals surface area (Å²) in [5, 5.41) is 2.69. The van der Waals surface area contributed by atoms with Crippen molar-refractivity contribution in [3.05, 3.63) is 17.8 Å². The number of aromatic nitrogens is 1. The first-order valence-electron chi connectivity index (χ1n) is 10.3. The first kappa shape index (κ1) is 22.6. The summed E-state index contributed by atoms with van der Waals surface area (Å²) in [6.45, 7) is -0.720. The number of hydrogen-bond acceptors (Lipinski definition) is 7. The third-order valence-electron chi connectivity index (χ3n) is 5.78. The molecule has 0 spiro atoms. The molecule has 3 aliphatic rings. The maximum absolute atomic E-state index is 13.3. The monoisotopic (exact) mass is 473 g/mol. The van der Waals surface area contributed by atoms with Crippen LogP contribution in [0.4, 0.5) is 14.5 Å². The van der Waals surface area contributed by atoms with Gasteiger partial charge in [0.05, 0.1) is 37.4 Å². The zero-order valence-electron chi connectivity index (χ0n) is 17.3. The van der Waals surface area contributed by atoms with Crippen molar-refractivity contribution in [3.8, 4) is 5.88 Å². The van der Waals surface area contributed by atoms with Gasteiger partial charge in [-0.25, -0.2) is 26.9 Å². The van der Waals surface area contributed by atoms with Crippen LogP contribution in [-0.4, -0.2) is 68.7 Å². The van der Waals surface area contributed by atoms with E-state index >= 15 is 0 Å². The summed E-state index contributed by atoms with van der Waals surface area (Å²) in [5.41, 5.74) is 4.47. The third kappa shape index (κ3) is 5.26. The highest BCUT2D eigenvalue weighted by Gasteiger charge is 2.45. The van der Waals surface area contributed by atoms with Crippen LogP contribution in [0.1, 0.15) is 36.2 Å². The standard InChI is InChI=1S/C19H25F2N5O5S/c20-19(21)10-26(11-19)14-4-3-13(24-17(14)31-8-12-1-2-12)16(28)25-18(7-15(22)27)5-6-32(29,30)23-9-18/h3-4,12,23H,1-2,5-11H2,(H2,22,27)(H,25,28). The average Bonchev–Trinajstić information content (AvgIpc) is 3.51. The van der Waals surface area contributed by atoms with E-state index in [0.717, 1.165) is 12.8 Å². The van der Waals surface area contributed by atoms with Crippen molar-refractivity contribution in [2.75, 3.05) is 36.9 Å². The maximum atomic E-state index is 13.3. The average molecular weight is 474 g/mol. The van der Waals surface area contributed by atoms with Crippen LogP contribution >= 0.6 is 0 Å². The molecule has 1 saturated carbocycles. The van der Waals surface area contributed by atoms with E-state index in [1.54, 1.807) is 0 Å². The lowest BCUT2D eigenvalue weighted by Crippen LogP contribution is -2.61. The Morgan fingerprint density at radius 3 is 2.59 bits per heavy atom. The summed E-state index contributed by atoms with van der Waals surface area (Å²) in [4.78, 5) is 30.2. The predicted octanol–water partition coefficient (Wildman–Crippen LogP) is -0.00720. The predicted molar refractivity (Wildman–Crippen MR) is 110 cm³/mol. The molecule has 1 unspecified atom stereocenters. The van der Waals surface area contributed by atoms with Gasteiger partial charge in [0.2, 0.25) is 21.8 Å². The molecule has 3 fully saturated rings. The van der Waals surface area contributed by atoms with Crippen molar-refractivity contribution in [1.82, 2.24) is 15.0 Å². The molecule has 0 bridgehead atoms. The van der Waals surface area contributed by atoms with Gasteiger partial charge >= 0.3 is 0 Å². The van der Waals surface area contributed by atoms with E-state index in [2.05, 4.69) is 15.0 Å². The molecule has 0 radical (unpaired) electrons. The molecule has 2 aliphatic heterocycles. The SMILES string of the molecule is NC(=O)CC1(NC(=O)c2ccc(N3CC(F)(F)C3)c(OCC3CC3)n2)CCS(=O)(=O)NC1. The molecule has 1 aromatic heterocycles. The molecule has 32 heavy (non-hydrogen) atoms. The molecule has 0 aromatic carbocycles. The van der Waals surface area contributed by atoms with E-state index in [1.165, 1.54) is 17.0 Å². The fraction of sp³-hybridized carbons (Fsp3) is 0.632. The first-order chi connectivity index (χ1) is 15.0. The third-order valence-corrected chi connectivity index (χ3v) is 7.11. The summed E-state index contributed by atoms with van der Waals surface area (Å²) >= 11 is 0. The number of amides is 2. The van der Waals surface area contributed by atoms with Gasteiger partial charge < -0.3 is 20.7 Å². The summed E-state index contributed by atoms with van der Waals surface area (Å²) in [5.74, 6) is -3.92. The zero-order valence-corrected chi connectivity index (χ0v) is 18.1. The second-order valence-electron chi connectivity index (χ2n) is 8.75. The van der Waals surface area contributed by atoms with Crippen molar-refractivity contribution >= 4 is 27.5 Å². The fourth-order valence-corrected chi connectivity index (χ4v) is 5.05. The lowest BCUT2D eigenvalue weighted by atomic mass is 9.91. The van der Waals surface area contributed by atoms with Crippen LogP contribution in [0.5, 0.6) is 5.88 Å². The molecule has 1 aliphatic carbocycles. The number of nitrogens with two attached hydrogens (primary N) is 1. The number of pyridine rings is 1. The first-order valence-corrected chi connectivity index (χ1v) is 12.0. The Morgan fingerprint density at radius 2 is 2.03 bits per heavy atom. The van der Waals surface area contributed by atoms with E-state index in [4.69, 9.17) is 10.5 Å². The Labute approximate surface area is 183 Å². The van der Waals surface area contributed by atoms with Gasteiger partial charge in [0.15, 0.2) is 0 Å². The van der Waals surface area contributed by atoms with Gasteiger partial charge in [-0.2, -0.15) is 0 Å². The number of ether oxygens (including phenoxy) is 1. The van der Waals surface area contributed by atoms with Crippen LogP contribution in [0.2, 0.25) is 0 Å². The number of primary amides is 1. The van der Waals surface area contributed by atoms with E-state index in [0.29, 0.717) is 18.2 Å². The number of alkyl halides is 2. The van der Waals surface area contributed by atoms with Crippen LogP contribution in [-0.2, 0) is 14.8 Å². The molecule has 176 valence electrons. The van der Waals surface area contributed by atoms with Gasteiger partial charge in [0.1, 0.15) is 11.4 Å². The van der Waals surface area contributed by atoms with E-state index in [1.807, 2.05) is 0 Å². The van der Waals surface area contributed by atoms with Gasteiger partial charge in [-0.3, -0.25) is 9.59 Å². The lowest BCUT2D eigenvalue weighted by molar-refractivity contribution is -0.119. The number of sulfonamides is 1. The van der Waals surface area contributed by atoms with Crippen molar-refractivity contribution in [2.24, 2.45) is 11.7 Å². The van der Waals surface area contributed by atoms with Gasteiger partial charge in [0.25, 0.3) is 11.8 Å². The molecule has 13 heteroatoms. The highest BCUT2D eigenvalue weighted by Crippen LogP contribution is 2.38. The van der Waals surface area contributed by atoms with E-state index in [9.17, 15) is 26.8 Å². The smallest absolute Gasteiger partial charge is 0.282 e. The summed E-state index contributed by atoms with van der Waals surface area (Å²) in [6.07, 6.45) is 1.78. The molecule has 4 N–H and O–H groups in total. The maximum Gasteiger partial charge on any atom is 0.282 e. The van der Waals surface area contributed by atoms with Gasteiger partial charge in [0, 0.05) is 6.54 Å². The quantitative estimate of drug-likeness (QED) is 0.482. The van der Waals surface area contributed by atoms with Gasteiger partial charge in [-0.05, 0) is 37.3 Å². The molecular weight excluding hydrogens is 448 g/mol. The minimum atomic E-state index is -3.48. The van der Waals surface area contributed by atoms with Crippen LogP contribution in [0.25, 0.3) is 0 Å². The van der Waals surface area contributed by atoms with Crippen molar-refractivity contribution in [2.45, 2.75) is 37.1 Å². The number of carbonyl (C=O) groups is 2. The largest absolute Gasteiger partial charge is 0.476 e. The normalized spacial score (nSPS) is 26.1. The Hall–Kier alpha value is -2.54. The number of anilines is 1. The minimum Gasteiger partial charge on any atom is -0.476 e. The van der Waals surface area contributed by atoms with Gasteiger partial charge in [-0.15, -0.1) is 0 Å². The Morgan fingerprint density at radius 1 is 1.31 bits per heavy atom. The number of hydrogen-bond donors (Lipinski definition) is 3. The minimum absolute atomic E-state index is 0.00297. The van der Waals surface area contributed by atoms with Crippen molar-refractivity contribution in [3.63, 3.8) is 0 Å². The van der Waals surface area contributed by atoms with Gasteiger partial charge in [-0.1, -0.05) is 0 Å². The number of halogens is 2. The second-order valence-corrected chi connectivity index (χ2v) is 10.7. The number of nitrogens with zero attached hydrogens (tertiary/aromatic N) is 2. The summed E-state index contributed by atoms with van der Waals surface area (Å²) < 4.78 is 58.2. The highest BCUT2D eigenvalue weighted by molar-refractivity contribution is 7.89. The van der Waals surface area contributed by atoms with E-state index < -0.39 is 46.4 Å². The van der Waals surface area contributed by atoms with Crippen LogP contribution < -0.4 is 25.4 Å². The van der Waals surface area contributed by atoms with Crippen LogP contribution in [0, 0.1) is 5.92 Å². The zero-order chi connectivity index (χ0) is 23.1.